The summed E-state index contributed by atoms with van der Waals surface area (Å²) < 4.78 is 6.68. The molecule has 1 aliphatic heterocycles. The summed E-state index contributed by atoms with van der Waals surface area (Å²) in [6.45, 7) is 2.19. The summed E-state index contributed by atoms with van der Waals surface area (Å²) in [7, 11) is 0. The van der Waals surface area contributed by atoms with Crippen molar-refractivity contribution in [3.8, 4) is 78.7 Å². The van der Waals surface area contributed by atoms with Crippen LogP contribution in [0.15, 0.2) is 224 Å². The van der Waals surface area contributed by atoms with Gasteiger partial charge in [-0.15, -0.1) is 0 Å². The van der Waals surface area contributed by atoms with Crippen LogP contribution in [0.25, 0.3) is 88.8 Å². The van der Waals surface area contributed by atoms with Crippen LogP contribution in [0.3, 0.4) is 0 Å². The van der Waals surface area contributed by atoms with Crippen LogP contribution in [-0.2, 0) is 5.41 Å². The van der Waals surface area contributed by atoms with E-state index in [1.807, 2.05) is 0 Å². The summed E-state index contributed by atoms with van der Waals surface area (Å²) in [5.41, 5.74) is 19.7. The van der Waals surface area contributed by atoms with Gasteiger partial charge in [0.15, 0.2) is 0 Å². The SMILES string of the molecule is Cc1c(-c2ccc(-c3ccc4nc(-c5ccccc5)c5ccc6c(c5c4c3)-c3ccccc3C63c4ccccc4Oc4ccccc43)cc2)cc(-c2ccccc2)nc1-c1ccccc1. The number of para-hydroxylation sites is 2. The van der Waals surface area contributed by atoms with E-state index in [1.165, 1.54) is 33.2 Å². The predicted octanol–water partition coefficient (Wildman–Crippen LogP) is 15.9. The summed E-state index contributed by atoms with van der Waals surface area (Å²) >= 11 is 0. The molecule has 9 aromatic carbocycles. The van der Waals surface area contributed by atoms with E-state index in [2.05, 4.69) is 231 Å². The molecule has 0 radical (unpaired) electrons. The van der Waals surface area contributed by atoms with E-state index in [1.54, 1.807) is 0 Å². The van der Waals surface area contributed by atoms with E-state index in [0.29, 0.717) is 0 Å². The average molecular weight is 829 g/mol. The number of hydrogen-bond donors (Lipinski definition) is 0. The third-order valence-electron chi connectivity index (χ3n) is 13.7. The van der Waals surface area contributed by atoms with Crippen LogP contribution in [0, 0.1) is 6.92 Å². The van der Waals surface area contributed by atoms with Crippen molar-refractivity contribution in [2.75, 3.05) is 0 Å². The quantitative estimate of drug-likeness (QED) is 0.162. The van der Waals surface area contributed by atoms with E-state index < -0.39 is 5.41 Å². The molecule has 0 bridgehead atoms. The molecule has 13 rings (SSSR count). The fourth-order valence-corrected chi connectivity index (χ4v) is 10.8. The zero-order valence-electron chi connectivity index (χ0n) is 35.7. The van der Waals surface area contributed by atoms with Gasteiger partial charge in [0.25, 0.3) is 0 Å². The van der Waals surface area contributed by atoms with Gasteiger partial charge in [-0.2, -0.15) is 0 Å². The summed E-state index contributed by atoms with van der Waals surface area (Å²) in [5.74, 6) is 1.78. The zero-order chi connectivity index (χ0) is 43.1. The van der Waals surface area contributed by atoms with Gasteiger partial charge in [-0.3, -0.25) is 0 Å². The summed E-state index contributed by atoms with van der Waals surface area (Å²) in [5, 5.41) is 3.47. The first kappa shape index (κ1) is 37.2. The lowest BCUT2D eigenvalue weighted by molar-refractivity contribution is 0.436. The number of fused-ring (bicyclic) bond motifs is 13. The molecule has 3 nitrogen and oxygen atoms in total. The second-order valence-electron chi connectivity index (χ2n) is 17.2. The van der Waals surface area contributed by atoms with Gasteiger partial charge in [-0.05, 0) is 87.3 Å². The minimum Gasteiger partial charge on any atom is -0.457 e. The van der Waals surface area contributed by atoms with Crippen LogP contribution in [0.5, 0.6) is 11.5 Å². The van der Waals surface area contributed by atoms with Gasteiger partial charge >= 0.3 is 0 Å². The molecule has 0 N–H and O–H groups in total. The van der Waals surface area contributed by atoms with Gasteiger partial charge in [0.05, 0.1) is 28.0 Å². The van der Waals surface area contributed by atoms with Crippen LogP contribution in [0.4, 0.5) is 0 Å². The van der Waals surface area contributed by atoms with Gasteiger partial charge in [0.1, 0.15) is 11.5 Å². The number of hydrogen-bond acceptors (Lipinski definition) is 3. The minimum atomic E-state index is -0.576. The highest BCUT2D eigenvalue weighted by Crippen LogP contribution is 2.63. The Morgan fingerprint density at radius 2 is 0.923 bits per heavy atom. The smallest absolute Gasteiger partial charge is 0.132 e. The monoisotopic (exact) mass is 828 g/mol. The molecule has 65 heavy (non-hydrogen) atoms. The molecule has 1 aliphatic carbocycles. The largest absolute Gasteiger partial charge is 0.457 e. The third-order valence-corrected chi connectivity index (χ3v) is 13.7. The standard InChI is InChI=1S/C62H40N2O/c1-39-48(38-55(42-17-5-2-6-18-42)64-60(39)43-19-7-3-8-20-43)41-31-29-40(30-32-41)45-33-36-54-49(37-45)58-47(61(63-54)44-21-9-4-10-22-44)34-35-53-59(58)46-23-11-12-24-50(46)62(53)51-25-13-15-27-56(51)65-57-28-16-14-26-52(57)62/h2-38H,1H3. The predicted molar refractivity (Wildman–Crippen MR) is 266 cm³/mol. The van der Waals surface area contributed by atoms with E-state index >= 15 is 0 Å². The first-order chi connectivity index (χ1) is 32.1. The Kier molecular flexibility index (Phi) is 8.34. The minimum absolute atomic E-state index is 0.576. The fourth-order valence-electron chi connectivity index (χ4n) is 10.8. The van der Waals surface area contributed by atoms with E-state index in [0.717, 1.165) is 94.9 Å². The molecular formula is C62H40N2O. The van der Waals surface area contributed by atoms with Crippen LogP contribution < -0.4 is 4.74 Å². The average Bonchev–Trinajstić information content (AvgIpc) is 3.67. The topological polar surface area (TPSA) is 35.0 Å². The number of nitrogens with zero attached hydrogens (tertiary/aromatic N) is 2. The van der Waals surface area contributed by atoms with Crippen molar-refractivity contribution in [3.05, 3.63) is 252 Å². The molecule has 2 aromatic heterocycles. The lowest BCUT2D eigenvalue weighted by Gasteiger charge is -2.39. The van der Waals surface area contributed by atoms with Crippen LogP contribution in [0.1, 0.15) is 27.8 Å². The second kappa shape index (κ2) is 14.6. The molecule has 3 heterocycles. The first-order valence-corrected chi connectivity index (χ1v) is 22.3. The molecule has 2 aliphatic rings. The maximum atomic E-state index is 6.68. The highest BCUT2D eigenvalue weighted by Gasteiger charge is 2.51. The summed E-state index contributed by atoms with van der Waals surface area (Å²) in [6, 6.07) is 80.6. The molecule has 0 atom stereocenters. The molecular weight excluding hydrogens is 789 g/mol. The highest BCUT2D eigenvalue weighted by molar-refractivity contribution is 6.20. The Morgan fingerprint density at radius 1 is 0.369 bits per heavy atom. The van der Waals surface area contributed by atoms with Gasteiger partial charge < -0.3 is 4.74 Å². The summed E-state index contributed by atoms with van der Waals surface area (Å²) in [4.78, 5) is 10.7. The van der Waals surface area contributed by atoms with Gasteiger partial charge in [-0.1, -0.05) is 194 Å². The van der Waals surface area contributed by atoms with Crippen molar-refractivity contribution in [2.24, 2.45) is 0 Å². The molecule has 1 spiro atoms. The van der Waals surface area contributed by atoms with E-state index in [4.69, 9.17) is 14.7 Å². The van der Waals surface area contributed by atoms with Gasteiger partial charge in [0, 0.05) is 44.0 Å². The maximum absolute atomic E-state index is 6.68. The van der Waals surface area contributed by atoms with Crippen molar-refractivity contribution in [1.82, 2.24) is 9.97 Å². The number of rotatable bonds is 5. The van der Waals surface area contributed by atoms with Crippen LogP contribution >= 0.6 is 0 Å². The fraction of sp³-hybridized carbons (Fsp3) is 0.0323. The highest BCUT2D eigenvalue weighted by atomic mass is 16.5. The number of ether oxygens (including phenoxy) is 1. The second-order valence-corrected chi connectivity index (χ2v) is 17.2. The van der Waals surface area contributed by atoms with Crippen LogP contribution in [-0.4, -0.2) is 9.97 Å². The Balaban J connectivity index is 1.03. The third kappa shape index (κ3) is 5.62. The lowest BCUT2D eigenvalue weighted by atomic mass is 9.66. The Hall–Kier alpha value is -8.40. The molecule has 0 saturated heterocycles. The Bertz CT molecular complexity index is 3630. The Morgan fingerprint density at radius 3 is 1.60 bits per heavy atom. The van der Waals surface area contributed by atoms with Crippen molar-refractivity contribution < 1.29 is 4.74 Å². The Labute approximate surface area is 378 Å². The summed E-state index contributed by atoms with van der Waals surface area (Å²) in [6.07, 6.45) is 0. The van der Waals surface area contributed by atoms with Gasteiger partial charge in [-0.25, -0.2) is 9.97 Å². The van der Waals surface area contributed by atoms with Crippen molar-refractivity contribution in [1.29, 1.82) is 0 Å². The first-order valence-electron chi connectivity index (χ1n) is 22.3. The molecule has 3 heteroatoms. The number of aromatic nitrogens is 2. The van der Waals surface area contributed by atoms with Crippen molar-refractivity contribution in [2.45, 2.75) is 12.3 Å². The molecule has 0 saturated carbocycles. The maximum Gasteiger partial charge on any atom is 0.132 e. The molecule has 11 aromatic rings. The molecule has 0 amide bonds. The van der Waals surface area contributed by atoms with Crippen molar-refractivity contribution >= 4 is 21.7 Å². The number of benzene rings is 9. The molecule has 0 fully saturated rings. The van der Waals surface area contributed by atoms with Crippen molar-refractivity contribution in [3.63, 3.8) is 0 Å². The lowest BCUT2D eigenvalue weighted by Crippen LogP contribution is -2.32. The van der Waals surface area contributed by atoms with Crippen LogP contribution in [0.2, 0.25) is 0 Å². The van der Waals surface area contributed by atoms with E-state index in [9.17, 15) is 0 Å². The van der Waals surface area contributed by atoms with Gasteiger partial charge in [0.2, 0.25) is 0 Å². The normalized spacial score (nSPS) is 12.9. The molecule has 0 unspecified atom stereocenters. The number of pyridine rings is 2. The zero-order valence-corrected chi connectivity index (χ0v) is 35.7. The molecule has 304 valence electrons. The van der Waals surface area contributed by atoms with E-state index in [-0.39, 0.29) is 0 Å².